The lowest BCUT2D eigenvalue weighted by Gasteiger charge is -2.18. The third-order valence-corrected chi connectivity index (χ3v) is 2.83. The van der Waals surface area contributed by atoms with Gasteiger partial charge < -0.3 is 10.1 Å². The van der Waals surface area contributed by atoms with E-state index in [0.717, 1.165) is 23.7 Å². The van der Waals surface area contributed by atoms with Crippen molar-refractivity contribution in [3.63, 3.8) is 0 Å². The summed E-state index contributed by atoms with van der Waals surface area (Å²) in [5, 5.41) is 7.55. The number of hydrogen-bond donors (Lipinski definition) is 1. The van der Waals surface area contributed by atoms with Crippen molar-refractivity contribution in [2.75, 3.05) is 14.2 Å². The maximum absolute atomic E-state index is 5.37. The van der Waals surface area contributed by atoms with Crippen LogP contribution in [0, 0.1) is 0 Å². The molecule has 96 valence electrons. The molecule has 0 radical (unpaired) electrons. The van der Waals surface area contributed by atoms with Crippen LogP contribution >= 0.6 is 0 Å². The minimum atomic E-state index is -0.0644. The van der Waals surface area contributed by atoms with E-state index in [1.807, 2.05) is 24.7 Å². The van der Waals surface area contributed by atoms with Gasteiger partial charge in [0, 0.05) is 12.7 Å². The summed E-state index contributed by atoms with van der Waals surface area (Å²) in [5.41, 5.74) is 1.86. The van der Waals surface area contributed by atoms with Crippen molar-refractivity contribution in [2.45, 2.75) is 19.5 Å². The lowest BCUT2D eigenvalue weighted by Crippen LogP contribution is -2.23. The summed E-state index contributed by atoms with van der Waals surface area (Å²) < 4.78 is 7.27. The number of aryl methyl sites for hydroxylation is 1. The van der Waals surface area contributed by atoms with Gasteiger partial charge in [-0.05, 0) is 20.0 Å². The first kappa shape index (κ1) is 12.5. The largest absolute Gasteiger partial charge is 0.493 e. The molecule has 2 heterocycles. The first-order chi connectivity index (χ1) is 8.81. The van der Waals surface area contributed by atoms with Crippen molar-refractivity contribution in [2.24, 2.45) is 0 Å². The highest BCUT2D eigenvalue weighted by atomic mass is 16.5. The van der Waals surface area contributed by atoms with Crippen LogP contribution in [-0.4, -0.2) is 33.9 Å². The van der Waals surface area contributed by atoms with Crippen LogP contribution in [0.3, 0.4) is 0 Å². The predicted octanol–water partition coefficient (Wildman–Crippen LogP) is 1.01. The third-order valence-electron chi connectivity index (χ3n) is 2.83. The summed E-state index contributed by atoms with van der Waals surface area (Å²) in [6.07, 6.45) is 5.00. The normalized spacial score (nSPS) is 12.4. The SMILES string of the molecule is CCn1ncc(OC)c1C(NC)c1ccncn1. The van der Waals surface area contributed by atoms with Gasteiger partial charge in [0.15, 0.2) is 5.75 Å². The summed E-state index contributed by atoms with van der Waals surface area (Å²) in [6.45, 7) is 2.82. The van der Waals surface area contributed by atoms with Crippen molar-refractivity contribution in [3.8, 4) is 5.75 Å². The van der Waals surface area contributed by atoms with Crippen LogP contribution in [0.25, 0.3) is 0 Å². The molecule has 0 aliphatic carbocycles. The molecule has 2 rings (SSSR count). The Kier molecular flexibility index (Phi) is 3.88. The molecule has 1 N–H and O–H groups in total. The fourth-order valence-electron chi connectivity index (χ4n) is 1.97. The van der Waals surface area contributed by atoms with E-state index >= 15 is 0 Å². The Hall–Kier alpha value is -1.95. The van der Waals surface area contributed by atoms with E-state index in [4.69, 9.17) is 4.74 Å². The van der Waals surface area contributed by atoms with Gasteiger partial charge in [0.1, 0.15) is 12.0 Å². The highest BCUT2D eigenvalue weighted by molar-refractivity contribution is 5.33. The Balaban J connectivity index is 2.47. The van der Waals surface area contributed by atoms with E-state index in [-0.39, 0.29) is 6.04 Å². The van der Waals surface area contributed by atoms with Gasteiger partial charge in [-0.25, -0.2) is 9.97 Å². The minimum Gasteiger partial charge on any atom is -0.493 e. The number of hydrogen-bond acceptors (Lipinski definition) is 5. The van der Waals surface area contributed by atoms with Gasteiger partial charge >= 0.3 is 0 Å². The number of nitrogens with one attached hydrogen (secondary N) is 1. The monoisotopic (exact) mass is 247 g/mol. The van der Waals surface area contributed by atoms with E-state index in [0.29, 0.717) is 0 Å². The average molecular weight is 247 g/mol. The molecule has 2 aromatic heterocycles. The van der Waals surface area contributed by atoms with Gasteiger partial charge in [-0.3, -0.25) is 4.68 Å². The molecule has 0 bridgehead atoms. The van der Waals surface area contributed by atoms with E-state index in [9.17, 15) is 0 Å². The molecule has 0 aromatic carbocycles. The lowest BCUT2D eigenvalue weighted by atomic mass is 10.1. The molecule has 1 atom stereocenters. The fraction of sp³-hybridized carbons (Fsp3) is 0.417. The highest BCUT2D eigenvalue weighted by Gasteiger charge is 2.22. The Labute approximate surface area is 106 Å². The summed E-state index contributed by atoms with van der Waals surface area (Å²) in [7, 11) is 3.53. The Morgan fingerprint density at radius 1 is 1.50 bits per heavy atom. The number of methoxy groups -OCH3 is 1. The maximum Gasteiger partial charge on any atom is 0.161 e. The number of ether oxygens (including phenoxy) is 1. The molecule has 0 amide bonds. The molecular formula is C12H17N5O. The van der Waals surface area contributed by atoms with Crippen LogP contribution in [0.2, 0.25) is 0 Å². The molecule has 0 aliphatic rings. The second-order valence-corrected chi connectivity index (χ2v) is 3.77. The summed E-state index contributed by atoms with van der Waals surface area (Å²) in [4.78, 5) is 8.22. The molecule has 6 nitrogen and oxygen atoms in total. The van der Waals surface area contributed by atoms with Crippen molar-refractivity contribution < 1.29 is 4.74 Å². The standard InChI is InChI=1S/C12H17N5O/c1-4-17-12(10(18-3)7-16-17)11(13-2)9-5-6-14-8-15-9/h5-8,11,13H,4H2,1-3H3. The summed E-state index contributed by atoms with van der Waals surface area (Å²) in [6, 6.07) is 1.82. The van der Waals surface area contributed by atoms with E-state index in [1.165, 1.54) is 0 Å². The molecule has 18 heavy (non-hydrogen) atoms. The average Bonchev–Trinajstić information content (AvgIpc) is 2.84. The van der Waals surface area contributed by atoms with Crippen molar-refractivity contribution in [3.05, 3.63) is 36.2 Å². The van der Waals surface area contributed by atoms with Crippen LogP contribution in [0.1, 0.15) is 24.4 Å². The van der Waals surface area contributed by atoms with Crippen LogP contribution < -0.4 is 10.1 Å². The van der Waals surface area contributed by atoms with E-state index in [2.05, 4.69) is 20.4 Å². The quantitative estimate of drug-likeness (QED) is 0.854. The number of rotatable bonds is 5. The topological polar surface area (TPSA) is 64.9 Å². The molecular weight excluding hydrogens is 230 g/mol. The van der Waals surface area contributed by atoms with Gasteiger partial charge in [-0.2, -0.15) is 5.10 Å². The van der Waals surface area contributed by atoms with E-state index in [1.54, 1.807) is 25.8 Å². The summed E-state index contributed by atoms with van der Waals surface area (Å²) >= 11 is 0. The Bertz CT molecular complexity index is 475. The smallest absolute Gasteiger partial charge is 0.161 e. The van der Waals surface area contributed by atoms with Gasteiger partial charge in [0.05, 0.1) is 25.0 Å². The molecule has 0 saturated carbocycles. The third kappa shape index (κ3) is 2.19. The van der Waals surface area contributed by atoms with Crippen LogP contribution in [0.15, 0.2) is 24.8 Å². The zero-order valence-electron chi connectivity index (χ0n) is 10.8. The van der Waals surface area contributed by atoms with Crippen LogP contribution in [-0.2, 0) is 6.54 Å². The minimum absolute atomic E-state index is 0.0644. The van der Waals surface area contributed by atoms with E-state index < -0.39 is 0 Å². The maximum atomic E-state index is 5.37. The van der Waals surface area contributed by atoms with Gasteiger partial charge in [-0.1, -0.05) is 0 Å². The highest BCUT2D eigenvalue weighted by Crippen LogP contribution is 2.28. The number of aromatic nitrogens is 4. The summed E-state index contributed by atoms with van der Waals surface area (Å²) in [5.74, 6) is 0.759. The molecule has 6 heteroatoms. The van der Waals surface area contributed by atoms with Crippen molar-refractivity contribution in [1.29, 1.82) is 0 Å². The zero-order valence-corrected chi connectivity index (χ0v) is 10.8. The van der Waals surface area contributed by atoms with Crippen molar-refractivity contribution in [1.82, 2.24) is 25.1 Å². The number of nitrogens with zero attached hydrogens (tertiary/aromatic N) is 4. The Morgan fingerprint density at radius 3 is 2.89 bits per heavy atom. The second-order valence-electron chi connectivity index (χ2n) is 3.77. The first-order valence-electron chi connectivity index (χ1n) is 5.84. The molecule has 0 fully saturated rings. The predicted molar refractivity (Wildman–Crippen MR) is 67.4 cm³/mol. The van der Waals surface area contributed by atoms with Crippen LogP contribution in [0.4, 0.5) is 0 Å². The lowest BCUT2D eigenvalue weighted by molar-refractivity contribution is 0.400. The second kappa shape index (κ2) is 5.59. The van der Waals surface area contributed by atoms with Gasteiger partial charge in [-0.15, -0.1) is 0 Å². The van der Waals surface area contributed by atoms with Gasteiger partial charge in [0.25, 0.3) is 0 Å². The molecule has 0 aliphatic heterocycles. The van der Waals surface area contributed by atoms with Gasteiger partial charge in [0.2, 0.25) is 0 Å². The Morgan fingerprint density at radius 2 is 2.33 bits per heavy atom. The van der Waals surface area contributed by atoms with Crippen molar-refractivity contribution >= 4 is 0 Å². The van der Waals surface area contributed by atoms with Crippen LogP contribution in [0.5, 0.6) is 5.75 Å². The first-order valence-corrected chi connectivity index (χ1v) is 5.84. The molecule has 0 saturated heterocycles. The zero-order chi connectivity index (χ0) is 13.0. The molecule has 2 aromatic rings. The molecule has 0 spiro atoms. The molecule has 1 unspecified atom stereocenters. The fourth-order valence-corrected chi connectivity index (χ4v) is 1.97.